The second kappa shape index (κ2) is 11.2. The maximum atomic E-state index is 13.4. The number of carbonyl (C=O) groups is 4. The predicted octanol–water partition coefficient (Wildman–Crippen LogP) is 0.0786. The molecule has 37 heavy (non-hydrogen) atoms. The van der Waals surface area contributed by atoms with E-state index in [1.165, 1.54) is 0 Å². The number of carbonyl (C=O) groups excluding carboxylic acids is 4. The van der Waals surface area contributed by atoms with Gasteiger partial charge in [0.05, 0.1) is 12.1 Å². The molecule has 0 aliphatic carbocycles. The topological polar surface area (TPSA) is 128 Å². The van der Waals surface area contributed by atoms with Crippen LogP contribution in [0.4, 0.5) is 0 Å². The Bertz CT molecular complexity index is 1010. The average Bonchev–Trinajstić information content (AvgIpc) is 3.58. The number of hydrogen-bond donors (Lipinski definition) is 3. The highest BCUT2D eigenvalue weighted by Crippen LogP contribution is 2.28. The van der Waals surface area contributed by atoms with Crippen molar-refractivity contribution >= 4 is 23.6 Å². The monoisotopic (exact) mass is 510 g/mol. The molecule has 0 radical (unpaired) electrons. The van der Waals surface area contributed by atoms with Gasteiger partial charge >= 0.3 is 0 Å². The minimum Gasteiger partial charge on any atom is -0.354 e. The average molecular weight is 511 g/mol. The zero-order valence-electron chi connectivity index (χ0n) is 21.3. The zero-order valence-corrected chi connectivity index (χ0v) is 21.3. The van der Waals surface area contributed by atoms with Crippen molar-refractivity contribution in [1.29, 1.82) is 0 Å². The lowest BCUT2D eigenvalue weighted by Crippen LogP contribution is -2.55. The first kappa shape index (κ1) is 25.7. The van der Waals surface area contributed by atoms with Gasteiger partial charge in [-0.15, -0.1) is 0 Å². The number of rotatable bonds is 1. The first-order valence-electron chi connectivity index (χ1n) is 13.7. The highest BCUT2D eigenvalue weighted by atomic mass is 16.2. The van der Waals surface area contributed by atoms with Crippen LogP contribution in [0.15, 0.2) is 30.3 Å². The maximum Gasteiger partial charge on any atom is 0.254 e. The normalized spacial score (nSPS) is 31.9. The summed E-state index contributed by atoms with van der Waals surface area (Å²) in [5, 5.41) is 6.11. The molecular formula is C27H38N6O4. The first-order valence-corrected chi connectivity index (χ1v) is 13.7. The Balaban J connectivity index is 1.36. The van der Waals surface area contributed by atoms with Gasteiger partial charge in [-0.2, -0.15) is 0 Å². The number of nitrogens with zero attached hydrogens (tertiary/aromatic N) is 3. The van der Waals surface area contributed by atoms with Gasteiger partial charge in [0.2, 0.25) is 17.7 Å². The molecule has 5 saturated heterocycles. The summed E-state index contributed by atoms with van der Waals surface area (Å²) in [6.45, 7) is 2.84. The number of piperidine rings is 1. The number of benzene rings is 1. The van der Waals surface area contributed by atoms with Crippen molar-refractivity contribution in [2.45, 2.75) is 75.2 Å². The molecule has 4 bridgehead atoms. The summed E-state index contributed by atoms with van der Waals surface area (Å²) >= 11 is 0. The van der Waals surface area contributed by atoms with Crippen molar-refractivity contribution in [3.05, 3.63) is 35.9 Å². The van der Waals surface area contributed by atoms with Crippen molar-refractivity contribution in [2.75, 3.05) is 32.7 Å². The number of nitrogens with two attached hydrogens (primary N) is 1. The van der Waals surface area contributed by atoms with Gasteiger partial charge in [-0.3, -0.25) is 24.1 Å². The maximum absolute atomic E-state index is 13.4. The fourth-order valence-corrected chi connectivity index (χ4v) is 6.39. The number of amides is 4. The molecule has 5 aliphatic heterocycles. The molecule has 4 amide bonds. The van der Waals surface area contributed by atoms with E-state index >= 15 is 0 Å². The van der Waals surface area contributed by atoms with E-state index in [1.54, 1.807) is 29.2 Å². The van der Waals surface area contributed by atoms with E-state index in [4.69, 9.17) is 5.73 Å². The quantitative estimate of drug-likeness (QED) is 0.491. The van der Waals surface area contributed by atoms with E-state index < -0.39 is 12.1 Å². The molecule has 200 valence electrons. The molecule has 4 atom stereocenters. The van der Waals surface area contributed by atoms with E-state index in [-0.39, 0.29) is 41.8 Å². The van der Waals surface area contributed by atoms with Crippen molar-refractivity contribution in [3.8, 4) is 0 Å². The molecule has 5 fully saturated rings. The van der Waals surface area contributed by atoms with Crippen LogP contribution in [0.1, 0.15) is 55.3 Å². The first-order chi connectivity index (χ1) is 17.9. The third-order valence-corrected chi connectivity index (χ3v) is 8.38. The lowest BCUT2D eigenvalue weighted by Gasteiger charge is -2.39. The summed E-state index contributed by atoms with van der Waals surface area (Å²) in [4.78, 5) is 58.6. The summed E-state index contributed by atoms with van der Waals surface area (Å²) in [6.07, 6.45) is 4.86. The van der Waals surface area contributed by atoms with Gasteiger partial charge in [0.15, 0.2) is 0 Å². The van der Waals surface area contributed by atoms with E-state index in [0.717, 1.165) is 32.2 Å². The van der Waals surface area contributed by atoms with Crippen LogP contribution < -0.4 is 16.4 Å². The summed E-state index contributed by atoms with van der Waals surface area (Å²) in [7, 11) is 0. The molecule has 1 aromatic carbocycles. The molecule has 1 aromatic rings. The molecule has 0 aromatic heterocycles. The Hall–Kier alpha value is -2.98. The lowest BCUT2D eigenvalue weighted by atomic mass is 10.00. The second-order valence-corrected chi connectivity index (χ2v) is 10.8. The van der Waals surface area contributed by atoms with Crippen LogP contribution in [-0.2, 0) is 14.4 Å². The van der Waals surface area contributed by atoms with E-state index in [2.05, 4.69) is 15.5 Å². The van der Waals surface area contributed by atoms with Gasteiger partial charge in [0.1, 0.15) is 6.04 Å². The summed E-state index contributed by atoms with van der Waals surface area (Å²) in [5.41, 5.74) is 6.73. The van der Waals surface area contributed by atoms with Crippen LogP contribution in [0.5, 0.6) is 0 Å². The fourth-order valence-electron chi connectivity index (χ4n) is 6.39. The van der Waals surface area contributed by atoms with Crippen molar-refractivity contribution < 1.29 is 19.2 Å². The van der Waals surface area contributed by atoms with Gasteiger partial charge in [0, 0.05) is 43.8 Å². The largest absolute Gasteiger partial charge is 0.354 e. The second-order valence-electron chi connectivity index (χ2n) is 10.8. The summed E-state index contributed by atoms with van der Waals surface area (Å²) in [6, 6.07) is 7.41. The van der Waals surface area contributed by atoms with Crippen LogP contribution in [0.25, 0.3) is 0 Å². The number of nitrogens with one attached hydrogen (secondary N) is 2. The summed E-state index contributed by atoms with van der Waals surface area (Å²) in [5.74, 6) is -0.533. The molecule has 0 spiro atoms. The van der Waals surface area contributed by atoms with Crippen LogP contribution in [-0.4, -0.2) is 101 Å². The van der Waals surface area contributed by atoms with E-state index in [9.17, 15) is 19.2 Å². The molecule has 6 rings (SSSR count). The minimum atomic E-state index is -0.672. The summed E-state index contributed by atoms with van der Waals surface area (Å²) < 4.78 is 0. The van der Waals surface area contributed by atoms with Gasteiger partial charge in [-0.25, -0.2) is 0 Å². The van der Waals surface area contributed by atoms with Gasteiger partial charge in [-0.05, 0) is 63.6 Å². The van der Waals surface area contributed by atoms with Crippen LogP contribution in [0.3, 0.4) is 0 Å². The van der Waals surface area contributed by atoms with Crippen molar-refractivity contribution in [1.82, 2.24) is 25.3 Å². The fraction of sp³-hybridized carbons (Fsp3) is 0.630. The third kappa shape index (κ3) is 5.50. The predicted molar refractivity (Wildman–Crippen MR) is 137 cm³/mol. The Labute approximate surface area is 217 Å². The molecule has 10 nitrogen and oxygen atoms in total. The molecule has 10 heteroatoms. The van der Waals surface area contributed by atoms with Gasteiger partial charge in [0.25, 0.3) is 5.91 Å². The molecule has 0 unspecified atom stereocenters. The van der Waals surface area contributed by atoms with Crippen LogP contribution in [0, 0.1) is 0 Å². The van der Waals surface area contributed by atoms with Crippen LogP contribution in [0.2, 0.25) is 0 Å². The van der Waals surface area contributed by atoms with E-state index in [0.29, 0.717) is 51.0 Å². The Kier molecular flexibility index (Phi) is 7.76. The standard InChI is InChI=1S/C27H38N6O4/c28-21-8-4-12-29-24(34)23-16-19(17-33(23)26(36)18-6-2-1-3-7-18)30-25(35)22-9-5-13-32(22)20-10-14-31(15-11-20)27(21)37/h1-3,6-7,19-23H,4-5,8-17,28H2,(H,29,34)(H,30,35)/t19-,21+,22-,23+/m1/s1. The SMILES string of the molecule is N[C@H]1CCCNC(=O)[C@@H]2C[C@H](CN2C(=O)c2ccccc2)NC(=O)[C@H]2CCCN2C2CCN(CC2)C1=O. The van der Waals surface area contributed by atoms with E-state index in [1.807, 2.05) is 11.0 Å². The molecule has 4 N–H and O–H groups in total. The molecular weight excluding hydrogens is 472 g/mol. The number of hydrogen-bond acceptors (Lipinski definition) is 6. The number of likely N-dealkylation sites (tertiary alicyclic amines) is 1. The molecule has 5 aliphatic rings. The van der Waals surface area contributed by atoms with Crippen molar-refractivity contribution in [2.24, 2.45) is 5.73 Å². The lowest BCUT2D eigenvalue weighted by molar-refractivity contribution is -0.135. The smallest absolute Gasteiger partial charge is 0.254 e. The zero-order chi connectivity index (χ0) is 25.9. The van der Waals surface area contributed by atoms with Crippen molar-refractivity contribution in [3.63, 3.8) is 0 Å². The van der Waals surface area contributed by atoms with Crippen LogP contribution >= 0.6 is 0 Å². The number of fused-ring (bicyclic) bond motifs is 9. The Morgan fingerprint density at radius 1 is 0.892 bits per heavy atom. The molecule has 0 saturated carbocycles. The Morgan fingerprint density at radius 3 is 2.41 bits per heavy atom. The van der Waals surface area contributed by atoms with Gasteiger partial charge < -0.3 is 26.2 Å². The highest BCUT2D eigenvalue weighted by Gasteiger charge is 2.43. The van der Waals surface area contributed by atoms with Gasteiger partial charge in [-0.1, -0.05) is 18.2 Å². The Morgan fingerprint density at radius 2 is 1.65 bits per heavy atom. The molecule has 5 heterocycles. The third-order valence-electron chi connectivity index (χ3n) is 8.38. The minimum absolute atomic E-state index is 0.0303. The highest BCUT2D eigenvalue weighted by molar-refractivity contribution is 5.98.